The lowest BCUT2D eigenvalue weighted by Gasteiger charge is -2.15. The van der Waals surface area contributed by atoms with Crippen molar-refractivity contribution in [1.29, 1.82) is 0 Å². The molecule has 0 radical (unpaired) electrons. The first-order valence-corrected chi connectivity index (χ1v) is 8.22. The maximum atomic E-state index is 12.3. The summed E-state index contributed by atoms with van der Waals surface area (Å²) in [5, 5.41) is 2.85. The van der Waals surface area contributed by atoms with Gasteiger partial charge in [-0.05, 0) is 39.0 Å². The Kier molecular flexibility index (Phi) is 4.92. The first-order valence-electron chi connectivity index (χ1n) is 8.22. The highest BCUT2D eigenvalue weighted by Gasteiger charge is 2.13. The number of pyridine rings is 2. The molecule has 1 N–H and O–H groups in total. The van der Waals surface area contributed by atoms with Crippen LogP contribution in [0, 0.1) is 0 Å². The van der Waals surface area contributed by atoms with Crippen LogP contribution in [0.5, 0.6) is 5.75 Å². The zero-order valence-electron chi connectivity index (χ0n) is 14.5. The molecule has 0 aliphatic rings. The topological polar surface area (TPSA) is 81.9 Å². The minimum Gasteiger partial charge on any atom is -0.487 e. The molecule has 1 amide bonds. The first kappa shape index (κ1) is 16.9. The Morgan fingerprint density at radius 2 is 2.12 bits per heavy atom. The van der Waals surface area contributed by atoms with E-state index in [1.54, 1.807) is 37.1 Å². The SMILES string of the molecule is CC(CNC(=O)c1cnc2c(c1)ncn2C(C)C)Oc1cccnc1. The molecule has 0 aromatic carbocycles. The Labute approximate surface area is 146 Å². The third-order valence-corrected chi connectivity index (χ3v) is 3.75. The molecule has 7 nitrogen and oxygen atoms in total. The summed E-state index contributed by atoms with van der Waals surface area (Å²) in [6, 6.07) is 5.65. The Bertz CT molecular complexity index is 860. The molecule has 130 valence electrons. The first-order chi connectivity index (χ1) is 12.0. The molecule has 3 rings (SSSR count). The van der Waals surface area contributed by atoms with Gasteiger partial charge in [0.05, 0.1) is 24.6 Å². The molecule has 1 atom stereocenters. The lowest BCUT2D eigenvalue weighted by Crippen LogP contribution is -2.33. The maximum Gasteiger partial charge on any atom is 0.253 e. The van der Waals surface area contributed by atoms with Gasteiger partial charge in [-0.3, -0.25) is 9.78 Å². The van der Waals surface area contributed by atoms with Crippen LogP contribution in [0.2, 0.25) is 0 Å². The Morgan fingerprint density at radius 1 is 1.28 bits per heavy atom. The average Bonchev–Trinajstić information content (AvgIpc) is 3.04. The predicted molar refractivity (Wildman–Crippen MR) is 94.6 cm³/mol. The van der Waals surface area contributed by atoms with E-state index in [9.17, 15) is 4.79 Å². The van der Waals surface area contributed by atoms with Crippen LogP contribution >= 0.6 is 0 Å². The third kappa shape index (κ3) is 3.93. The van der Waals surface area contributed by atoms with Gasteiger partial charge in [-0.15, -0.1) is 0 Å². The van der Waals surface area contributed by atoms with Crippen molar-refractivity contribution in [2.45, 2.75) is 32.9 Å². The zero-order chi connectivity index (χ0) is 17.8. The number of fused-ring (bicyclic) bond motifs is 1. The van der Waals surface area contributed by atoms with Crippen LogP contribution < -0.4 is 10.1 Å². The van der Waals surface area contributed by atoms with Gasteiger partial charge in [0.1, 0.15) is 17.4 Å². The second-order valence-electron chi connectivity index (χ2n) is 6.14. The average molecular weight is 339 g/mol. The van der Waals surface area contributed by atoms with E-state index in [4.69, 9.17) is 4.74 Å². The summed E-state index contributed by atoms with van der Waals surface area (Å²) < 4.78 is 7.67. The molecule has 1 unspecified atom stereocenters. The fraction of sp³-hybridized carbons (Fsp3) is 0.333. The largest absolute Gasteiger partial charge is 0.487 e. The highest BCUT2D eigenvalue weighted by atomic mass is 16.5. The summed E-state index contributed by atoms with van der Waals surface area (Å²) in [5.41, 5.74) is 1.97. The molecule has 3 aromatic rings. The number of hydrogen-bond donors (Lipinski definition) is 1. The molecule has 0 saturated heterocycles. The molecule has 3 aromatic heterocycles. The Morgan fingerprint density at radius 3 is 2.84 bits per heavy atom. The number of amides is 1. The van der Waals surface area contributed by atoms with Crippen LogP contribution in [0.3, 0.4) is 0 Å². The number of hydrogen-bond acceptors (Lipinski definition) is 5. The molecule has 25 heavy (non-hydrogen) atoms. The van der Waals surface area contributed by atoms with Crippen LogP contribution in [0.4, 0.5) is 0 Å². The van der Waals surface area contributed by atoms with E-state index in [-0.39, 0.29) is 18.1 Å². The van der Waals surface area contributed by atoms with Crippen molar-refractivity contribution in [1.82, 2.24) is 24.8 Å². The quantitative estimate of drug-likeness (QED) is 0.746. The van der Waals surface area contributed by atoms with Crippen LogP contribution in [0.1, 0.15) is 37.2 Å². The number of nitrogens with zero attached hydrogens (tertiary/aromatic N) is 4. The van der Waals surface area contributed by atoms with Crippen molar-refractivity contribution >= 4 is 17.1 Å². The van der Waals surface area contributed by atoms with Crippen molar-refractivity contribution in [2.75, 3.05) is 6.54 Å². The second-order valence-corrected chi connectivity index (χ2v) is 6.14. The zero-order valence-corrected chi connectivity index (χ0v) is 14.5. The van der Waals surface area contributed by atoms with Gasteiger partial charge in [-0.25, -0.2) is 9.97 Å². The van der Waals surface area contributed by atoms with E-state index in [1.807, 2.05) is 17.6 Å². The predicted octanol–water partition coefficient (Wildman–Crippen LogP) is 2.60. The van der Waals surface area contributed by atoms with Gasteiger partial charge >= 0.3 is 0 Å². The number of nitrogens with one attached hydrogen (secondary N) is 1. The van der Waals surface area contributed by atoms with Crippen LogP contribution in [0.25, 0.3) is 11.2 Å². The van der Waals surface area contributed by atoms with E-state index in [2.05, 4.69) is 34.1 Å². The molecule has 7 heteroatoms. The van der Waals surface area contributed by atoms with Crippen LogP contribution in [0.15, 0.2) is 43.1 Å². The maximum absolute atomic E-state index is 12.3. The molecule has 0 saturated carbocycles. The van der Waals surface area contributed by atoms with Gasteiger partial charge in [-0.1, -0.05) is 0 Å². The van der Waals surface area contributed by atoms with Crippen molar-refractivity contribution in [3.05, 3.63) is 48.7 Å². The smallest absolute Gasteiger partial charge is 0.253 e. The molecule has 0 fully saturated rings. The molecular formula is C18H21N5O2. The molecule has 0 spiro atoms. The van der Waals surface area contributed by atoms with Crippen molar-refractivity contribution in [3.8, 4) is 5.75 Å². The Balaban J connectivity index is 1.62. The van der Waals surface area contributed by atoms with Gasteiger partial charge < -0.3 is 14.6 Å². The minimum atomic E-state index is -0.199. The van der Waals surface area contributed by atoms with Gasteiger partial charge in [0, 0.05) is 18.4 Å². The highest BCUT2D eigenvalue weighted by molar-refractivity contribution is 5.96. The third-order valence-electron chi connectivity index (χ3n) is 3.75. The molecular weight excluding hydrogens is 318 g/mol. The minimum absolute atomic E-state index is 0.176. The molecule has 0 bridgehead atoms. The van der Waals surface area contributed by atoms with Gasteiger partial charge in [0.15, 0.2) is 5.65 Å². The van der Waals surface area contributed by atoms with E-state index < -0.39 is 0 Å². The number of imidazole rings is 1. The fourth-order valence-corrected chi connectivity index (χ4v) is 2.45. The lowest BCUT2D eigenvalue weighted by molar-refractivity contribution is 0.0932. The normalized spacial score (nSPS) is 12.3. The van der Waals surface area contributed by atoms with E-state index in [0.29, 0.717) is 23.4 Å². The summed E-state index contributed by atoms with van der Waals surface area (Å²) in [5.74, 6) is 0.474. The van der Waals surface area contributed by atoms with Crippen LogP contribution in [-0.2, 0) is 0 Å². The summed E-state index contributed by atoms with van der Waals surface area (Å²) in [6.07, 6.45) is 6.47. The standard InChI is InChI=1S/C18H21N5O2/c1-12(2)23-11-22-16-7-14(9-20-17(16)23)18(24)21-8-13(3)25-15-5-4-6-19-10-15/h4-7,9-13H,8H2,1-3H3,(H,21,24). The summed E-state index contributed by atoms with van der Waals surface area (Å²) >= 11 is 0. The number of carbonyl (C=O) groups excluding carboxylic acids is 1. The van der Waals surface area contributed by atoms with Crippen molar-refractivity contribution < 1.29 is 9.53 Å². The van der Waals surface area contributed by atoms with Gasteiger partial charge in [0.25, 0.3) is 5.91 Å². The second kappa shape index (κ2) is 7.29. The summed E-state index contributed by atoms with van der Waals surface area (Å²) in [6.45, 7) is 6.39. The fourth-order valence-electron chi connectivity index (χ4n) is 2.45. The van der Waals surface area contributed by atoms with Crippen molar-refractivity contribution in [2.24, 2.45) is 0 Å². The summed E-state index contributed by atoms with van der Waals surface area (Å²) in [4.78, 5) is 25.0. The van der Waals surface area contributed by atoms with E-state index >= 15 is 0 Å². The van der Waals surface area contributed by atoms with E-state index in [1.165, 1.54) is 0 Å². The lowest BCUT2D eigenvalue weighted by atomic mass is 10.2. The monoisotopic (exact) mass is 339 g/mol. The Hall–Kier alpha value is -2.96. The highest BCUT2D eigenvalue weighted by Crippen LogP contribution is 2.16. The number of rotatable bonds is 6. The molecule has 0 aliphatic heterocycles. The van der Waals surface area contributed by atoms with Gasteiger partial charge in [-0.2, -0.15) is 0 Å². The number of ether oxygens (including phenoxy) is 1. The van der Waals surface area contributed by atoms with E-state index in [0.717, 1.165) is 5.65 Å². The number of aromatic nitrogens is 4. The van der Waals surface area contributed by atoms with Crippen LogP contribution in [-0.4, -0.2) is 38.1 Å². The summed E-state index contributed by atoms with van der Waals surface area (Å²) in [7, 11) is 0. The number of carbonyl (C=O) groups is 1. The van der Waals surface area contributed by atoms with Gasteiger partial charge in [0.2, 0.25) is 0 Å². The molecule has 3 heterocycles. The molecule has 0 aliphatic carbocycles. The van der Waals surface area contributed by atoms with Crippen molar-refractivity contribution in [3.63, 3.8) is 0 Å².